The summed E-state index contributed by atoms with van der Waals surface area (Å²) in [5, 5.41) is 19.0. The molecule has 0 fully saturated rings. The maximum atomic E-state index is 13.8. The fourth-order valence-corrected chi connectivity index (χ4v) is 4.53. The summed E-state index contributed by atoms with van der Waals surface area (Å²) in [5.41, 5.74) is 3.08. The van der Waals surface area contributed by atoms with E-state index in [1.54, 1.807) is 73.2 Å². The number of Topliss-reactive ketones (excluding diaryl/α,β-unsaturated/α-hetero) is 1. The van der Waals surface area contributed by atoms with Crippen LogP contribution in [0.1, 0.15) is 27.5 Å². The molecule has 0 aliphatic carbocycles. The predicted molar refractivity (Wildman–Crippen MR) is 155 cm³/mol. The number of hydrogen-bond acceptors (Lipinski definition) is 7. The number of carbonyl (C=O) groups is 3. The minimum atomic E-state index is -5.08. The number of benzene rings is 3. The first-order valence-corrected chi connectivity index (χ1v) is 14.1. The number of nitrogens with zero attached hydrogens (tertiary/aromatic N) is 1. The molecule has 3 aromatic carbocycles. The Kier molecular flexibility index (Phi) is 12.1. The minimum absolute atomic E-state index is 0.185. The lowest BCUT2D eigenvalue weighted by Crippen LogP contribution is -2.33. The van der Waals surface area contributed by atoms with Crippen molar-refractivity contribution in [2.45, 2.75) is 23.7 Å². The monoisotopic (exact) mass is 648 g/mol. The van der Waals surface area contributed by atoms with E-state index in [0.717, 1.165) is 11.1 Å². The van der Waals surface area contributed by atoms with Crippen LogP contribution in [0, 0.1) is 11.6 Å². The lowest BCUT2D eigenvalue weighted by Gasteiger charge is -2.17. The number of carboxylic acids is 2. The summed E-state index contributed by atoms with van der Waals surface area (Å²) in [6.07, 6.45) is -0.196. The number of hydrogen-bond donors (Lipinski definition) is 3. The topological polar surface area (TPSA) is 126 Å². The zero-order valence-corrected chi connectivity index (χ0v) is 24.2. The lowest BCUT2D eigenvalue weighted by molar-refractivity contribution is -0.192. The fraction of sp³-hybridized carbons (Fsp3) is 0.161. The second-order valence-electron chi connectivity index (χ2n) is 9.14. The Morgan fingerprint density at radius 1 is 0.933 bits per heavy atom. The van der Waals surface area contributed by atoms with Crippen LogP contribution in [0.3, 0.4) is 0 Å². The smallest absolute Gasteiger partial charge is 0.489 e. The number of aromatic nitrogens is 1. The molecular formula is C31H25F5N2O6S. The molecule has 1 heterocycles. The molecule has 4 rings (SSSR count). The van der Waals surface area contributed by atoms with Crippen molar-refractivity contribution < 1.29 is 51.3 Å². The molecular weight excluding hydrogens is 623 g/mol. The summed E-state index contributed by atoms with van der Waals surface area (Å²) >= 11 is 1.33. The Morgan fingerprint density at radius 2 is 1.56 bits per heavy atom. The summed E-state index contributed by atoms with van der Waals surface area (Å²) in [5.74, 6) is -5.33. The highest BCUT2D eigenvalue weighted by Gasteiger charge is 2.38. The van der Waals surface area contributed by atoms with Gasteiger partial charge in [0.1, 0.15) is 12.4 Å². The summed E-state index contributed by atoms with van der Waals surface area (Å²) in [6.45, 7) is -0.190. The molecule has 0 aliphatic rings. The van der Waals surface area contributed by atoms with Gasteiger partial charge in [-0.15, -0.1) is 11.8 Å². The van der Waals surface area contributed by atoms with E-state index in [0.29, 0.717) is 27.3 Å². The highest BCUT2D eigenvalue weighted by atomic mass is 32.2. The number of ketones is 1. The molecule has 0 aliphatic heterocycles. The Hall–Kier alpha value is -4.82. The van der Waals surface area contributed by atoms with Crippen molar-refractivity contribution in [2.75, 3.05) is 12.8 Å². The first-order valence-electron chi connectivity index (χ1n) is 12.8. The summed E-state index contributed by atoms with van der Waals surface area (Å²) < 4.78 is 65.1. The van der Waals surface area contributed by atoms with Crippen LogP contribution in [-0.2, 0) is 16.2 Å². The van der Waals surface area contributed by atoms with Gasteiger partial charge >= 0.3 is 18.1 Å². The third kappa shape index (κ3) is 10.1. The van der Waals surface area contributed by atoms with E-state index in [-0.39, 0.29) is 18.9 Å². The number of ether oxygens (including phenoxy) is 1. The van der Waals surface area contributed by atoms with E-state index in [1.165, 1.54) is 23.9 Å². The second kappa shape index (κ2) is 15.8. The van der Waals surface area contributed by atoms with Crippen molar-refractivity contribution in [3.05, 3.63) is 114 Å². The minimum Gasteiger partial charge on any atom is -0.489 e. The number of carbonyl (C=O) groups excluding carboxylic acids is 1. The van der Waals surface area contributed by atoms with Crippen LogP contribution in [0.5, 0.6) is 5.75 Å². The number of thioether (sulfide) groups is 1. The molecule has 0 radical (unpaired) electrons. The Morgan fingerprint density at radius 3 is 2.13 bits per heavy atom. The first-order chi connectivity index (χ1) is 21.3. The van der Waals surface area contributed by atoms with Crippen LogP contribution in [0.4, 0.5) is 22.0 Å². The fourth-order valence-electron chi connectivity index (χ4n) is 3.91. The molecule has 0 saturated heterocycles. The number of nitrogens with one attached hydrogen (secondary N) is 1. The third-order valence-corrected chi connectivity index (χ3v) is 6.80. The van der Waals surface area contributed by atoms with Crippen LogP contribution in [0.15, 0.2) is 90.1 Å². The molecule has 3 N–H and O–H groups in total. The van der Waals surface area contributed by atoms with E-state index >= 15 is 0 Å². The van der Waals surface area contributed by atoms with E-state index in [4.69, 9.17) is 19.7 Å². The second-order valence-corrected chi connectivity index (χ2v) is 9.98. The van der Waals surface area contributed by atoms with Crippen LogP contribution >= 0.6 is 11.8 Å². The van der Waals surface area contributed by atoms with E-state index < -0.39 is 35.8 Å². The molecule has 0 spiro atoms. The zero-order valence-electron chi connectivity index (χ0n) is 23.3. The van der Waals surface area contributed by atoms with Crippen molar-refractivity contribution in [2.24, 2.45) is 0 Å². The molecule has 4 aromatic rings. The number of alkyl halides is 3. The van der Waals surface area contributed by atoms with E-state index in [9.17, 15) is 31.5 Å². The largest absolute Gasteiger partial charge is 0.490 e. The summed E-state index contributed by atoms with van der Waals surface area (Å²) in [4.78, 5) is 37.9. The van der Waals surface area contributed by atoms with Crippen molar-refractivity contribution >= 4 is 29.5 Å². The number of rotatable bonds is 11. The van der Waals surface area contributed by atoms with Crippen LogP contribution < -0.4 is 10.1 Å². The average molecular weight is 649 g/mol. The predicted octanol–water partition coefficient (Wildman–Crippen LogP) is 6.56. The highest BCUT2D eigenvalue weighted by Crippen LogP contribution is 2.33. The van der Waals surface area contributed by atoms with E-state index in [1.807, 2.05) is 6.07 Å². The number of pyridine rings is 1. The molecule has 14 heteroatoms. The standard InChI is InChI=1S/C29H24F2N2O4S.C2HF3O2/c1-38-26-15-25(31)24(30)14-23(26)19-5-7-22(8-6-19)37-17-18-3-2-4-21(13-18)29(36)28(33-16-27(34)35)20-9-11-32-12-10-20;3-2(4,5)1(6)7/h2-15,28,33H,16-17H2,1H3,(H,34,35);(H,6,7). The molecule has 1 aromatic heterocycles. The molecule has 0 bridgehead atoms. The third-order valence-electron chi connectivity index (χ3n) is 6.03. The van der Waals surface area contributed by atoms with Gasteiger partial charge in [0.2, 0.25) is 0 Å². The molecule has 236 valence electrons. The summed E-state index contributed by atoms with van der Waals surface area (Å²) in [6, 6.07) is 18.8. The zero-order chi connectivity index (χ0) is 33.1. The van der Waals surface area contributed by atoms with Crippen molar-refractivity contribution in [3.63, 3.8) is 0 Å². The molecule has 0 amide bonds. The average Bonchev–Trinajstić information content (AvgIpc) is 3.02. The van der Waals surface area contributed by atoms with Gasteiger partial charge in [0.15, 0.2) is 17.4 Å². The lowest BCUT2D eigenvalue weighted by atomic mass is 9.97. The van der Waals surface area contributed by atoms with Crippen LogP contribution in [0.25, 0.3) is 11.1 Å². The van der Waals surface area contributed by atoms with Crippen molar-refractivity contribution in [3.8, 4) is 16.9 Å². The van der Waals surface area contributed by atoms with Gasteiger partial charge in [0, 0.05) is 22.9 Å². The van der Waals surface area contributed by atoms with Crippen molar-refractivity contribution in [1.29, 1.82) is 0 Å². The quantitative estimate of drug-likeness (QED) is 0.0942. The van der Waals surface area contributed by atoms with Gasteiger partial charge in [0.05, 0.1) is 12.6 Å². The molecule has 45 heavy (non-hydrogen) atoms. The molecule has 1 atom stereocenters. The normalized spacial score (nSPS) is 11.6. The van der Waals surface area contributed by atoms with Crippen LogP contribution in [-0.4, -0.2) is 51.9 Å². The maximum Gasteiger partial charge on any atom is 0.490 e. The van der Waals surface area contributed by atoms with Gasteiger partial charge in [-0.25, -0.2) is 13.6 Å². The first kappa shape index (κ1) is 34.7. The molecule has 8 nitrogen and oxygen atoms in total. The Bertz CT molecular complexity index is 1640. The van der Waals surface area contributed by atoms with E-state index in [2.05, 4.69) is 10.3 Å². The Balaban J connectivity index is 0.000000707. The number of halogens is 5. The molecule has 0 saturated carbocycles. The van der Waals surface area contributed by atoms with Crippen molar-refractivity contribution in [1.82, 2.24) is 10.3 Å². The van der Waals surface area contributed by atoms with Gasteiger partial charge in [-0.3, -0.25) is 19.9 Å². The number of aliphatic carboxylic acids is 2. The summed E-state index contributed by atoms with van der Waals surface area (Å²) in [7, 11) is 0. The van der Waals surface area contributed by atoms with Gasteiger partial charge in [-0.05, 0) is 71.0 Å². The maximum absolute atomic E-state index is 13.8. The number of carboxylic acid groups (broad SMARTS) is 2. The van der Waals surface area contributed by atoms with Gasteiger partial charge < -0.3 is 14.9 Å². The van der Waals surface area contributed by atoms with Gasteiger partial charge in [-0.1, -0.05) is 30.3 Å². The molecule has 1 unspecified atom stereocenters. The Labute approximate surface area is 257 Å². The highest BCUT2D eigenvalue weighted by molar-refractivity contribution is 7.98. The van der Waals surface area contributed by atoms with Gasteiger partial charge in [0.25, 0.3) is 0 Å². The van der Waals surface area contributed by atoms with Gasteiger partial charge in [-0.2, -0.15) is 13.2 Å². The van der Waals surface area contributed by atoms with Crippen LogP contribution in [0.2, 0.25) is 0 Å². The SMILES string of the molecule is CSc1cc(F)c(F)cc1-c1ccc(OCc2cccc(C(=O)C(NCC(=O)O)c3ccncc3)c2)cc1.O=C(O)C(F)(F)F.